The van der Waals surface area contributed by atoms with Gasteiger partial charge in [0.2, 0.25) is 5.76 Å². The predicted octanol–water partition coefficient (Wildman–Crippen LogP) is 1.27. The Hall–Kier alpha value is -2.63. The average Bonchev–Trinajstić information content (AvgIpc) is 2.93. The van der Waals surface area contributed by atoms with Gasteiger partial charge in [-0.3, -0.25) is 9.59 Å². The lowest BCUT2D eigenvalue weighted by Gasteiger charge is -2.12. The van der Waals surface area contributed by atoms with Crippen LogP contribution in [0.4, 0.5) is 0 Å². The first-order valence-electron chi connectivity index (χ1n) is 5.65. The second-order valence-corrected chi connectivity index (χ2v) is 3.89. The number of aromatic nitrogens is 1. The molecule has 0 aliphatic heterocycles. The minimum absolute atomic E-state index is 0.0150. The van der Waals surface area contributed by atoms with Crippen molar-refractivity contribution in [2.45, 2.75) is 5.92 Å². The third kappa shape index (κ3) is 3.19. The zero-order valence-corrected chi connectivity index (χ0v) is 9.95. The van der Waals surface area contributed by atoms with E-state index in [1.807, 2.05) is 0 Å². The Labute approximate surface area is 109 Å². The number of carbonyl (C=O) groups is 2. The lowest BCUT2D eigenvalue weighted by atomic mass is 9.99. The van der Waals surface area contributed by atoms with Crippen molar-refractivity contribution < 1.29 is 19.2 Å². The van der Waals surface area contributed by atoms with Crippen molar-refractivity contribution in [3.05, 3.63) is 53.9 Å². The number of hydrogen-bond acceptors (Lipinski definition) is 4. The molecule has 0 fully saturated rings. The first kappa shape index (κ1) is 12.8. The van der Waals surface area contributed by atoms with E-state index in [1.165, 1.54) is 12.3 Å². The van der Waals surface area contributed by atoms with Crippen molar-refractivity contribution in [3.8, 4) is 0 Å². The molecule has 1 unspecified atom stereocenters. The summed E-state index contributed by atoms with van der Waals surface area (Å²) >= 11 is 0. The summed E-state index contributed by atoms with van der Waals surface area (Å²) in [5, 5.41) is 15.1. The van der Waals surface area contributed by atoms with Crippen molar-refractivity contribution >= 4 is 11.9 Å². The number of benzene rings is 1. The smallest absolute Gasteiger partial charge is 0.312 e. The van der Waals surface area contributed by atoms with Gasteiger partial charge in [0.1, 0.15) is 0 Å². The van der Waals surface area contributed by atoms with E-state index in [-0.39, 0.29) is 12.3 Å². The van der Waals surface area contributed by atoms with E-state index >= 15 is 0 Å². The molecule has 0 saturated heterocycles. The number of carboxylic acids is 1. The van der Waals surface area contributed by atoms with Gasteiger partial charge in [-0.15, -0.1) is 0 Å². The van der Waals surface area contributed by atoms with Crippen LogP contribution in [0.15, 0.2) is 47.1 Å². The van der Waals surface area contributed by atoms with Crippen molar-refractivity contribution in [3.63, 3.8) is 0 Å². The largest absolute Gasteiger partial charge is 0.481 e. The van der Waals surface area contributed by atoms with Crippen molar-refractivity contribution in [2.75, 3.05) is 6.54 Å². The standard InChI is InChI=1S/C13H12N2O4/c16-12(11-6-7-15-19-11)14-8-10(13(17)18)9-4-2-1-3-5-9/h1-7,10H,8H2,(H,14,16)(H,17,18). The van der Waals surface area contributed by atoms with Crippen LogP contribution in [-0.2, 0) is 4.79 Å². The van der Waals surface area contributed by atoms with Crippen molar-refractivity contribution in [1.82, 2.24) is 10.5 Å². The SMILES string of the molecule is O=C(NCC(C(=O)O)c1ccccc1)c1ccno1. The highest BCUT2D eigenvalue weighted by atomic mass is 16.5. The Morgan fingerprint density at radius 2 is 2.00 bits per heavy atom. The predicted molar refractivity (Wildman–Crippen MR) is 65.7 cm³/mol. The van der Waals surface area contributed by atoms with Gasteiger partial charge in [0.25, 0.3) is 5.91 Å². The molecule has 6 nitrogen and oxygen atoms in total. The molecule has 0 spiro atoms. The number of nitrogens with zero attached hydrogens (tertiary/aromatic N) is 1. The number of carboxylic acid groups (broad SMARTS) is 1. The molecule has 0 aliphatic carbocycles. The average molecular weight is 260 g/mol. The summed E-state index contributed by atoms with van der Waals surface area (Å²) in [4.78, 5) is 22.8. The topological polar surface area (TPSA) is 92.4 Å². The Morgan fingerprint density at radius 1 is 1.26 bits per heavy atom. The van der Waals surface area contributed by atoms with Crippen LogP contribution in [0.2, 0.25) is 0 Å². The fourth-order valence-electron chi connectivity index (χ4n) is 1.65. The Bertz CT molecular complexity index is 551. The third-order valence-corrected chi connectivity index (χ3v) is 2.63. The maximum Gasteiger partial charge on any atom is 0.312 e. The van der Waals surface area contributed by atoms with Crippen molar-refractivity contribution in [2.24, 2.45) is 0 Å². The number of rotatable bonds is 5. The van der Waals surface area contributed by atoms with E-state index < -0.39 is 17.8 Å². The molecular weight excluding hydrogens is 248 g/mol. The second kappa shape index (κ2) is 5.81. The minimum Gasteiger partial charge on any atom is -0.481 e. The highest BCUT2D eigenvalue weighted by Crippen LogP contribution is 2.14. The van der Waals surface area contributed by atoms with Crippen LogP contribution < -0.4 is 5.32 Å². The molecule has 1 aromatic heterocycles. The summed E-state index contributed by atoms with van der Waals surface area (Å²) in [6.45, 7) is -0.0150. The van der Waals surface area contributed by atoms with Gasteiger partial charge in [-0.2, -0.15) is 0 Å². The Kier molecular flexibility index (Phi) is 3.92. The maximum atomic E-state index is 11.6. The van der Waals surface area contributed by atoms with E-state index in [9.17, 15) is 14.7 Å². The van der Waals surface area contributed by atoms with E-state index in [0.29, 0.717) is 5.56 Å². The molecule has 1 heterocycles. The summed E-state index contributed by atoms with van der Waals surface area (Å²) in [5.41, 5.74) is 0.632. The Morgan fingerprint density at radius 3 is 2.58 bits per heavy atom. The van der Waals surface area contributed by atoms with Crippen LogP contribution in [0.25, 0.3) is 0 Å². The number of aliphatic carboxylic acids is 1. The van der Waals surface area contributed by atoms with Gasteiger partial charge in [-0.05, 0) is 5.56 Å². The lowest BCUT2D eigenvalue weighted by molar-refractivity contribution is -0.138. The van der Waals surface area contributed by atoms with Gasteiger partial charge in [0.15, 0.2) is 0 Å². The van der Waals surface area contributed by atoms with Crippen molar-refractivity contribution in [1.29, 1.82) is 0 Å². The van der Waals surface area contributed by atoms with E-state index in [2.05, 4.69) is 15.0 Å². The molecule has 0 bridgehead atoms. The molecular formula is C13H12N2O4. The fourth-order valence-corrected chi connectivity index (χ4v) is 1.65. The van der Waals surface area contributed by atoms with Gasteiger partial charge in [-0.25, -0.2) is 0 Å². The first-order chi connectivity index (χ1) is 9.18. The molecule has 6 heteroatoms. The van der Waals surface area contributed by atoms with Gasteiger partial charge >= 0.3 is 5.97 Å². The first-order valence-corrected chi connectivity index (χ1v) is 5.65. The number of hydrogen-bond donors (Lipinski definition) is 2. The zero-order valence-electron chi connectivity index (χ0n) is 9.95. The van der Waals surface area contributed by atoms with E-state index in [1.54, 1.807) is 30.3 Å². The van der Waals surface area contributed by atoms with Crippen LogP contribution in [0.5, 0.6) is 0 Å². The molecule has 19 heavy (non-hydrogen) atoms. The minimum atomic E-state index is -0.996. The maximum absolute atomic E-state index is 11.6. The molecule has 1 atom stereocenters. The number of nitrogens with one attached hydrogen (secondary N) is 1. The highest BCUT2D eigenvalue weighted by Gasteiger charge is 2.21. The summed E-state index contributed by atoms with van der Waals surface area (Å²) in [7, 11) is 0. The summed E-state index contributed by atoms with van der Waals surface area (Å²) in [6.07, 6.45) is 1.35. The molecule has 2 N–H and O–H groups in total. The zero-order chi connectivity index (χ0) is 13.7. The molecule has 0 aliphatic rings. The summed E-state index contributed by atoms with van der Waals surface area (Å²) in [6, 6.07) is 10.1. The summed E-state index contributed by atoms with van der Waals surface area (Å²) in [5.74, 6) is -2.23. The molecule has 98 valence electrons. The van der Waals surface area contributed by atoms with Gasteiger partial charge in [0.05, 0.1) is 12.1 Å². The second-order valence-electron chi connectivity index (χ2n) is 3.89. The van der Waals surface area contributed by atoms with Crippen LogP contribution in [0, 0.1) is 0 Å². The quantitative estimate of drug-likeness (QED) is 0.844. The fraction of sp³-hybridized carbons (Fsp3) is 0.154. The van der Waals surface area contributed by atoms with Gasteiger partial charge in [-0.1, -0.05) is 35.5 Å². The highest BCUT2D eigenvalue weighted by molar-refractivity contribution is 5.91. The van der Waals surface area contributed by atoms with Crippen LogP contribution >= 0.6 is 0 Å². The number of carbonyl (C=O) groups excluding carboxylic acids is 1. The van der Waals surface area contributed by atoms with Crippen LogP contribution in [0.3, 0.4) is 0 Å². The molecule has 2 aromatic rings. The molecule has 2 rings (SSSR count). The van der Waals surface area contributed by atoms with E-state index in [4.69, 9.17) is 0 Å². The number of amides is 1. The summed E-state index contributed by atoms with van der Waals surface area (Å²) < 4.78 is 4.68. The molecule has 1 aromatic carbocycles. The monoisotopic (exact) mass is 260 g/mol. The van der Waals surface area contributed by atoms with Gasteiger partial charge in [0, 0.05) is 12.6 Å². The molecule has 0 radical (unpaired) electrons. The van der Waals surface area contributed by atoms with E-state index in [0.717, 1.165) is 0 Å². The molecule has 1 amide bonds. The normalized spacial score (nSPS) is 11.8. The lowest BCUT2D eigenvalue weighted by Crippen LogP contribution is -2.31. The molecule has 0 saturated carbocycles. The third-order valence-electron chi connectivity index (χ3n) is 2.63. The van der Waals surface area contributed by atoms with Crippen LogP contribution in [-0.4, -0.2) is 28.7 Å². The Balaban J connectivity index is 2.03. The van der Waals surface area contributed by atoms with Gasteiger partial charge < -0.3 is 14.9 Å². The van der Waals surface area contributed by atoms with Crippen LogP contribution in [0.1, 0.15) is 22.0 Å².